The third-order valence-electron chi connectivity index (χ3n) is 9.02. The molecule has 2 fully saturated rings. The van der Waals surface area contributed by atoms with Crippen LogP contribution in [-0.2, 0) is 16.1 Å². The zero-order valence-corrected chi connectivity index (χ0v) is 25.7. The zero-order chi connectivity index (χ0) is 31.1. The van der Waals surface area contributed by atoms with Crippen molar-refractivity contribution in [3.63, 3.8) is 0 Å². The van der Waals surface area contributed by atoms with Gasteiger partial charge in [0, 0.05) is 32.2 Å². The van der Waals surface area contributed by atoms with Crippen LogP contribution in [0.25, 0.3) is 0 Å². The fourth-order valence-electron chi connectivity index (χ4n) is 6.30. The highest BCUT2D eigenvalue weighted by molar-refractivity contribution is 6.00. The Morgan fingerprint density at radius 3 is 2.28 bits per heavy atom. The number of hydrogen-bond donors (Lipinski definition) is 3. The van der Waals surface area contributed by atoms with Gasteiger partial charge >= 0.3 is 5.97 Å². The monoisotopic (exact) mass is 595 g/mol. The highest BCUT2D eigenvalue weighted by Crippen LogP contribution is 2.35. The predicted molar refractivity (Wildman–Crippen MR) is 162 cm³/mol. The van der Waals surface area contributed by atoms with E-state index < -0.39 is 23.7 Å². The maximum atomic E-state index is 13.7. The molecule has 2 aromatic rings. The SMILES string of the molecule is CCCCN1C(=O)[C@@H]([C@H](O)C(CC)CC)NC(=O)C12CCN(Cc1ccc(Oc3ccc(C(=O)O)c(OC)c3)cc1)CC2. The summed E-state index contributed by atoms with van der Waals surface area (Å²) in [6.45, 7) is 8.60. The average molecular weight is 596 g/mol. The normalized spacial score (nSPS) is 19.4. The van der Waals surface area contributed by atoms with Crippen LogP contribution in [0.15, 0.2) is 42.5 Å². The van der Waals surface area contributed by atoms with Gasteiger partial charge in [-0.3, -0.25) is 14.5 Å². The molecule has 3 N–H and O–H groups in total. The molecule has 234 valence electrons. The first-order valence-electron chi connectivity index (χ1n) is 15.4. The maximum Gasteiger partial charge on any atom is 0.339 e. The van der Waals surface area contributed by atoms with Gasteiger partial charge in [-0.1, -0.05) is 52.2 Å². The number of piperidine rings is 1. The molecule has 10 heteroatoms. The molecule has 2 amide bonds. The highest BCUT2D eigenvalue weighted by Gasteiger charge is 2.55. The molecule has 2 heterocycles. The van der Waals surface area contributed by atoms with Gasteiger partial charge in [-0.15, -0.1) is 0 Å². The number of benzene rings is 2. The van der Waals surface area contributed by atoms with Gasteiger partial charge < -0.3 is 29.9 Å². The topological polar surface area (TPSA) is 129 Å². The van der Waals surface area contributed by atoms with Crippen molar-refractivity contribution in [3.8, 4) is 17.2 Å². The Kier molecular flexibility index (Phi) is 10.7. The fourth-order valence-corrected chi connectivity index (χ4v) is 6.30. The van der Waals surface area contributed by atoms with Gasteiger partial charge in [-0.05, 0) is 55.0 Å². The Balaban J connectivity index is 1.40. The van der Waals surface area contributed by atoms with Crippen LogP contribution < -0.4 is 14.8 Å². The molecule has 0 aliphatic carbocycles. The molecule has 0 radical (unpaired) electrons. The third-order valence-corrected chi connectivity index (χ3v) is 9.02. The van der Waals surface area contributed by atoms with Crippen molar-refractivity contribution in [2.75, 3.05) is 26.7 Å². The Bertz CT molecular complexity index is 1270. The van der Waals surface area contributed by atoms with Crippen LogP contribution in [0.3, 0.4) is 0 Å². The number of likely N-dealkylation sites (tertiary alicyclic amines) is 1. The van der Waals surface area contributed by atoms with Crippen LogP contribution in [0, 0.1) is 5.92 Å². The summed E-state index contributed by atoms with van der Waals surface area (Å²) < 4.78 is 11.1. The molecule has 43 heavy (non-hydrogen) atoms. The van der Waals surface area contributed by atoms with E-state index in [4.69, 9.17) is 9.47 Å². The largest absolute Gasteiger partial charge is 0.496 e. The molecule has 2 aromatic carbocycles. The van der Waals surface area contributed by atoms with E-state index in [1.807, 2.05) is 38.1 Å². The molecule has 2 aliphatic heterocycles. The minimum atomic E-state index is -1.07. The van der Waals surface area contributed by atoms with E-state index in [2.05, 4.69) is 17.1 Å². The van der Waals surface area contributed by atoms with E-state index in [0.717, 1.165) is 31.2 Å². The minimum Gasteiger partial charge on any atom is -0.496 e. The number of aliphatic hydroxyl groups is 1. The number of carbonyl (C=O) groups excluding carboxylic acids is 2. The van der Waals surface area contributed by atoms with Gasteiger partial charge in [0.15, 0.2) is 0 Å². The number of rotatable bonds is 13. The Hall–Kier alpha value is -3.63. The van der Waals surface area contributed by atoms with E-state index in [0.29, 0.717) is 50.5 Å². The summed E-state index contributed by atoms with van der Waals surface area (Å²) in [5, 5.41) is 23.2. The van der Waals surface area contributed by atoms with Crippen LogP contribution in [0.5, 0.6) is 17.2 Å². The lowest BCUT2D eigenvalue weighted by Crippen LogP contribution is -2.75. The second-order valence-corrected chi connectivity index (χ2v) is 11.6. The van der Waals surface area contributed by atoms with Crippen molar-refractivity contribution < 1.29 is 34.1 Å². The van der Waals surface area contributed by atoms with E-state index in [1.54, 1.807) is 17.0 Å². The molecule has 0 saturated carbocycles. The van der Waals surface area contributed by atoms with Crippen molar-refractivity contribution in [2.24, 2.45) is 5.92 Å². The second-order valence-electron chi connectivity index (χ2n) is 11.6. The fraction of sp³-hybridized carbons (Fsp3) is 0.545. The van der Waals surface area contributed by atoms with Gasteiger partial charge in [-0.2, -0.15) is 0 Å². The number of piperazine rings is 1. The smallest absolute Gasteiger partial charge is 0.339 e. The average Bonchev–Trinajstić information content (AvgIpc) is 3.01. The molecule has 0 aromatic heterocycles. The Labute approximate surface area is 254 Å². The summed E-state index contributed by atoms with van der Waals surface area (Å²) in [7, 11) is 1.42. The van der Waals surface area contributed by atoms with E-state index in [9.17, 15) is 24.6 Å². The quantitative estimate of drug-likeness (QED) is 0.310. The Morgan fingerprint density at radius 1 is 1.05 bits per heavy atom. The molecular formula is C33H45N3O7. The van der Waals surface area contributed by atoms with Crippen molar-refractivity contribution in [1.29, 1.82) is 0 Å². The summed E-state index contributed by atoms with van der Waals surface area (Å²) in [6, 6.07) is 11.4. The van der Waals surface area contributed by atoms with Crippen molar-refractivity contribution in [2.45, 2.75) is 83.5 Å². The van der Waals surface area contributed by atoms with E-state index in [1.165, 1.54) is 13.2 Å². The van der Waals surface area contributed by atoms with E-state index >= 15 is 0 Å². The zero-order valence-electron chi connectivity index (χ0n) is 25.7. The summed E-state index contributed by atoms with van der Waals surface area (Å²) in [6.07, 6.45) is 3.39. The number of carboxylic acid groups (broad SMARTS) is 1. The van der Waals surface area contributed by atoms with Crippen LogP contribution >= 0.6 is 0 Å². The predicted octanol–water partition coefficient (Wildman–Crippen LogP) is 4.44. The first kappa shape index (κ1) is 32.3. The lowest BCUT2D eigenvalue weighted by atomic mass is 9.79. The molecular weight excluding hydrogens is 550 g/mol. The van der Waals surface area contributed by atoms with Crippen LogP contribution in [-0.4, -0.2) is 82.2 Å². The Morgan fingerprint density at radius 2 is 1.70 bits per heavy atom. The molecule has 4 rings (SSSR count). The molecule has 0 bridgehead atoms. The first-order chi connectivity index (χ1) is 20.7. The van der Waals surface area contributed by atoms with Crippen LogP contribution in [0.4, 0.5) is 0 Å². The summed E-state index contributed by atoms with van der Waals surface area (Å²) >= 11 is 0. The number of carbonyl (C=O) groups is 3. The van der Waals surface area contributed by atoms with E-state index in [-0.39, 0.29) is 29.0 Å². The van der Waals surface area contributed by atoms with Gasteiger partial charge in [0.2, 0.25) is 11.8 Å². The number of unbranched alkanes of at least 4 members (excludes halogenated alkanes) is 1. The van der Waals surface area contributed by atoms with Crippen LogP contribution in [0.2, 0.25) is 0 Å². The van der Waals surface area contributed by atoms with Crippen molar-refractivity contribution in [3.05, 3.63) is 53.6 Å². The standard InChI is InChI=1S/C33H45N3O7/c1-5-8-17-36-30(38)28(29(37)23(6-2)7-3)34-32(41)33(36)15-18-35(19-16-33)21-22-9-11-24(12-10-22)43-25-13-14-26(31(39)40)27(20-25)42-4/h9-14,20,23,28-29,37H,5-8,15-19,21H2,1-4H3,(H,34,41)(H,39,40)/t28-,29-/m1/s1. The maximum absolute atomic E-state index is 13.7. The molecule has 10 nitrogen and oxygen atoms in total. The lowest BCUT2D eigenvalue weighted by Gasteiger charge is -2.52. The summed E-state index contributed by atoms with van der Waals surface area (Å²) in [5.74, 6) is -0.113. The number of hydrogen-bond acceptors (Lipinski definition) is 7. The number of methoxy groups -OCH3 is 1. The number of carboxylic acids is 1. The number of nitrogens with one attached hydrogen (secondary N) is 1. The van der Waals surface area contributed by atoms with Crippen molar-refractivity contribution >= 4 is 17.8 Å². The summed E-state index contributed by atoms with van der Waals surface area (Å²) in [4.78, 5) is 42.8. The third kappa shape index (κ3) is 6.96. The number of aliphatic hydroxyl groups excluding tert-OH is 1. The molecule has 2 atom stereocenters. The summed E-state index contributed by atoms with van der Waals surface area (Å²) in [5.41, 5.74) is 0.264. The molecule has 1 spiro atoms. The first-order valence-corrected chi connectivity index (χ1v) is 15.4. The van der Waals surface area contributed by atoms with Gasteiger partial charge in [0.25, 0.3) is 0 Å². The molecule has 2 aliphatic rings. The van der Waals surface area contributed by atoms with Gasteiger partial charge in [-0.25, -0.2) is 4.79 Å². The number of amides is 2. The number of aromatic carboxylic acids is 1. The minimum absolute atomic E-state index is 0.0460. The molecule has 2 saturated heterocycles. The molecule has 0 unspecified atom stereocenters. The van der Waals surface area contributed by atoms with Crippen molar-refractivity contribution in [1.82, 2.24) is 15.1 Å². The van der Waals surface area contributed by atoms with Gasteiger partial charge in [0.05, 0.1) is 13.2 Å². The number of nitrogens with zero attached hydrogens (tertiary/aromatic N) is 2. The van der Waals surface area contributed by atoms with Crippen LogP contribution in [0.1, 0.15) is 75.2 Å². The second kappa shape index (κ2) is 14.2. The number of ether oxygens (including phenoxy) is 2. The lowest BCUT2D eigenvalue weighted by molar-refractivity contribution is -0.165. The highest BCUT2D eigenvalue weighted by atomic mass is 16.5. The van der Waals surface area contributed by atoms with Gasteiger partial charge in [0.1, 0.15) is 34.4 Å².